The summed E-state index contributed by atoms with van der Waals surface area (Å²) in [5, 5.41) is 11.1. The van der Waals surface area contributed by atoms with Crippen molar-refractivity contribution in [3.05, 3.63) is 21.9 Å². The van der Waals surface area contributed by atoms with E-state index in [2.05, 4.69) is 24.4 Å². The Balaban J connectivity index is 2.22. The Hall–Kier alpha value is -1.36. The van der Waals surface area contributed by atoms with Gasteiger partial charge in [-0.25, -0.2) is 0 Å². The first-order valence-electron chi connectivity index (χ1n) is 5.56. The molecule has 4 nitrogen and oxygen atoms in total. The molecule has 1 amide bonds. The molecule has 0 aliphatic carbocycles. The molecule has 0 aromatic carbocycles. The van der Waals surface area contributed by atoms with Crippen molar-refractivity contribution in [3.8, 4) is 0 Å². The third-order valence-corrected chi connectivity index (χ3v) is 3.43. The van der Waals surface area contributed by atoms with E-state index in [-0.39, 0.29) is 5.91 Å². The van der Waals surface area contributed by atoms with Crippen LogP contribution in [-0.4, -0.2) is 23.0 Å². The van der Waals surface area contributed by atoms with E-state index in [1.807, 2.05) is 0 Å². The monoisotopic (exact) mass is 255 g/mol. The lowest BCUT2D eigenvalue weighted by Crippen LogP contribution is -2.38. The number of thiophene rings is 1. The summed E-state index contributed by atoms with van der Waals surface area (Å²) in [6, 6.07) is 3.32. The Morgan fingerprint density at radius 2 is 2.18 bits per heavy atom. The van der Waals surface area contributed by atoms with Crippen molar-refractivity contribution in [2.45, 2.75) is 39.2 Å². The molecule has 1 atom stereocenters. The van der Waals surface area contributed by atoms with E-state index in [0.29, 0.717) is 6.42 Å². The Bertz CT molecular complexity index is 400. The van der Waals surface area contributed by atoms with E-state index in [1.165, 1.54) is 16.7 Å². The minimum Gasteiger partial charge on any atom is -0.480 e. The first-order chi connectivity index (χ1) is 7.99. The van der Waals surface area contributed by atoms with Crippen LogP contribution in [0.2, 0.25) is 0 Å². The summed E-state index contributed by atoms with van der Waals surface area (Å²) < 4.78 is 0. The highest BCUT2D eigenvalue weighted by molar-refractivity contribution is 7.11. The Kier molecular flexibility index (Phi) is 5.15. The summed E-state index contributed by atoms with van der Waals surface area (Å²) in [5.41, 5.74) is 0. The fourth-order valence-corrected chi connectivity index (χ4v) is 2.35. The highest BCUT2D eigenvalue weighted by atomic mass is 32.1. The molecule has 1 aromatic rings. The number of hydrogen-bond donors (Lipinski definition) is 2. The molecule has 0 saturated heterocycles. The largest absolute Gasteiger partial charge is 0.480 e. The Morgan fingerprint density at radius 1 is 1.47 bits per heavy atom. The van der Waals surface area contributed by atoms with Crippen molar-refractivity contribution in [3.63, 3.8) is 0 Å². The highest BCUT2D eigenvalue weighted by Crippen LogP contribution is 2.17. The average Bonchev–Trinajstić information content (AvgIpc) is 2.64. The predicted octanol–water partition coefficient (Wildman–Crippen LogP) is 1.97. The van der Waals surface area contributed by atoms with Crippen LogP contribution in [0.15, 0.2) is 12.1 Å². The lowest BCUT2D eigenvalue weighted by molar-refractivity contribution is -0.141. The quantitative estimate of drug-likeness (QED) is 0.816. The fourth-order valence-electron chi connectivity index (χ4n) is 1.42. The van der Waals surface area contributed by atoms with Crippen LogP contribution < -0.4 is 5.32 Å². The third kappa shape index (κ3) is 4.99. The van der Waals surface area contributed by atoms with Crippen molar-refractivity contribution >= 4 is 23.2 Å². The van der Waals surface area contributed by atoms with Crippen molar-refractivity contribution in [1.82, 2.24) is 5.32 Å². The van der Waals surface area contributed by atoms with E-state index < -0.39 is 12.0 Å². The first kappa shape index (κ1) is 13.7. The van der Waals surface area contributed by atoms with Crippen molar-refractivity contribution in [2.75, 3.05) is 0 Å². The van der Waals surface area contributed by atoms with Gasteiger partial charge in [0.25, 0.3) is 0 Å². The minimum atomic E-state index is -1.01. The summed E-state index contributed by atoms with van der Waals surface area (Å²) in [6.07, 6.45) is 1.99. The molecule has 0 aliphatic rings. The van der Waals surface area contributed by atoms with E-state index in [1.54, 1.807) is 11.3 Å². The van der Waals surface area contributed by atoms with E-state index in [9.17, 15) is 9.59 Å². The second-order valence-electron chi connectivity index (χ2n) is 3.99. The number of rotatable bonds is 6. The van der Waals surface area contributed by atoms with Gasteiger partial charge in [-0.05, 0) is 38.8 Å². The Morgan fingerprint density at radius 3 is 2.71 bits per heavy atom. The molecular weight excluding hydrogens is 238 g/mol. The van der Waals surface area contributed by atoms with Gasteiger partial charge in [-0.2, -0.15) is 0 Å². The first-order valence-corrected chi connectivity index (χ1v) is 6.38. The van der Waals surface area contributed by atoms with Gasteiger partial charge in [-0.3, -0.25) is 9.59 Å². The van der Waals surface area contributed by atoms with Gasteiger partial charge in [0.1, 0.15) is 6.04 Å². The van der Waals surface area contributed by atoms with E-state index >= 15 is 0 Å². The second kappa shape index (κ2) is 6.39. The van der Waals surface area contributed by atoms with Gasteiger partial charge in [0, 0.05) is 16.2 Å². The zero-order chi connectivity index (χ0) is 12.8. The molecule has 0 bridgehead atoms. The van der Waals surface area contributed by atoms with Gasteiger partial charge in [0.05, 0.1) is 0 Å². The van der Waals surface area contributed by atoms with Crippen LogP contribution in [0.3, 0.4) is 0 Å². The maximum Gasteiger partial charge on any atom is 0.325 e. The summed E-state index contributed by atoms with van der Waals surface area (Å²) >= 11 is 1.73. The van der Waals surface area contributed by atoms with Gasteiger partial charge >= 0.3 is 5.97 Å². The lowest BCUT2D eigenvalue weighted by atomic mass is 10.2. The number of carboxylic acids is 1. The number of carbonyl (C=O) groups is 2. The molecule has 0 radical (unpaired) electrons. The number of carbonyl (C=O) groups excluding carboxylic acids is 1. The summed E-state index contributed by atoms with van der Waals surface area (Å²) in [7, 11) is 0. The van der Waals surface area contributed by atoms with Crippen LogP contribution >= 0.6 is 11.3 Å². The molecule has 2 N–H and O–H groups in total. The summed E-state index contributed by atoms with van der Waals surface area (Å²) in [6.45, 7) is 3.51. The number of aliphatic carboxylic acids is 1. The van der Waals surface area contributed by atoms with Crippen molar-refractivity contribution in [2.24, 2.45) is 0 Å². The van der Waals surface area contributed by atoms with E-state index in [4.69, 9.17) is 5.11 Å². The van der Waals surface area contributed by atoms with Crippen LogP contribution in [0.5, 0.6) is 0 Å². The van der Waals surface area contributed by atoms with Crippen LogP contribution in [0, 0.1) is 6.92 Å². The van der Waals surface area contributed by atoms with Crippen LogP contribution in [-0.2, 0) is 16.0 Å². The lowest BCUT2D eigenvalue weighted by Gasteiger charge is -2.08. The number of carboxylic acid groups (broad SMARTS) is 1. The van der Waals surface area contributed by atoms with Crippen LogP contribution in [0.1, 0.15) is 29.5 Å². The highest BCUT2D eigenvalue weighted by Gasteiger charge is 2.13. The van der Waals surface area contributed by atoms with Gasteiger partial charge in [0.15, 0.2) is 0 Å². The van der Waals surface area contributed by atoms with Crippen molar-refractivity contribution < 1.29 is 14.7 Å². The molecule has 0 fully saturated rings. The number of amides is 1. The Labute approximate surface area is 105 Å². The summed E-state index contributed by atoms with van der Waals surface area (Å²) in [4.78, 5) is 24.4. The molecule has 1 heterocycles. The van der Waals surface area contributed by atoms with Crippen molar-refractivity contribution in [1.29, 1.82) is 0 Å². The normalized spacial score (nSPS) is 12.1. The van der Waals surface area contributed by atoms with Gasteiger partial charge < -0.3 is 10.4 Å². The smallest absolute Gasteiger partial charge is 0.325 e. The SMILES string of the molecule is Cc1ccc(CCCC(=O)N[C@H](C)C(=O)O)s1. The maximum absolute atomic E-state index is 11.4. The average molecular weight is 255 g/mol. The van der Waals surface area contributed by atoms with E-state index in [0.717, 1.165) is 12.8 Å². The molecule has 94 valence electrons. The third-order valence-electron chi connectivity index (χ3n) is 2.37. The maximum atomic E-state index is 11.4. The zero-order valence-corrected chi connectivity index (χ0v) is 10.8. The number of nitrogens with one attached hydrogen (secondary N) is 1. The summed E-state index contributed by atoms with van der Waals surface area (Å²) in [5.74, 6) is -1.21. The molecule has 0 spiro atoms. The molecule has 0 aliphatic heterocycles. The number of aryl methyl sites for hydroxylation is 2. The zero-order valence-electron chi connectivity index (χ0n) is 10.0. The molecule has 17 heavy (non-hydrogen) atoms. The van der Waals surface area contributed by atoms with Gasteiger partial charge in [0.2, 0.25) is 5.91 Å². The molecule has 0 saturated carbocycles. The standard InChI is InChI=1S/C12H17NO3S/c1-8-6-7-10(17-8)4-3-5-11(14)13-9(2)12(15)16/h6-7,9H,3-5H2,1-2H3,(H,13,14)(H,15,16)/t9-/m1/s1. The molecule has 5 heteroatoms. The molecular formula is C12H17NO3S. The van der Waals surface area contributed by atoms with Crippen LogP contribution in [0.4, 0.5) is 0 Å². The molecule has 1 aromatic heterocycles. The number of hydrogen-bond acceptors (Lipinski definition) is 3. The second-order valence-corrected chi connectivity index (χ2v) is 5.37. The van der Waals surface area contributed by atoms with Crippen LogP contribution in [0.25, 0.3) is 0 Å². The van der Waals surface area contributed by atoms with Gasteiger partial charge in [-0.15, -0.1) is 11.3 Å². The minimum absolute atomic E-state index is 0.201. The molecule has 1 rings (SSSR count). The predicted molar refractivity (Wildman–Crippen MR) is 67.2 cm³/mol. The molecule has 0 unspecified atom stereocenters. The van der Waals surface area contributed by atoms with Gasteiger partial charge in [-0.1, -0.05) is 0 Å². The fraction of sp³-hybridized carbons (Fsp3) is 0.500. The topological polar surface area (TPSA) is 66.4 Å².